The van der Waals surface area contributed by atoms with Gasteiger partial charge in [-0.1, -0.05) is 12.1 Å². The van der Waals surface area contributed by atoms with E-state index in [4.69, 9.17) is 0 Å². The van der Waals surface area contributed by atoms with Crippen LogP contribution in [0, 0.1) is 13.8 Å². The van der Waals surface area contributed by atoms with Crippen molar-refractivity contribution in [3.05, 3.63) is 77.1 Å². The van der Waals surface area contributed by atoms with Gasteiger partial charge in [0.25, 0.3) is 5.91 Å². The number of hydrogen-bond acceptors (Lipinski definition) is 5. The van der Waals surface area contributed by atoms with E-state index in [1.165, 1.54) is 0 Å². The molecule has 2 amide bonds. The minimum absolute atomic E-state index is 0.166. The molecule has 2 aromatic carbocycles. The number of likely N-dealkylation sites (tertiary alicyclic amines) is 1. The number of rotatable bonds is 6. The molecule has 2 N–H and O–H groups in total. The van der Waals surface area contributed by atoms with Crippen LogP contribution in [0.15, 0.2) is 54.6 Å². The Morgan fingerprint density at radius 3 is 2.09 bits per heavy atom. The van der Waals surface area contributed by atoms with Crippen LogP contribution in [0.25, 0.3) is 0 Å². The maximum Gasteiger partial charge on any atom is 0.255 e. The van der Waals surface area contributed by atoms with Crippen molar-refractivity contribution < 1.29 is 9.59 Å². The largest absolute Gasteiger partial charge is 0.342 e. The topological polar surface area (TPSA) is 87.2 Å². The number of aryl methyl sites for hydroxylation is 2. The van der Waals surface area contributed by atoms with E-state index in [0.29, 0.717) is 23.6 Å². The molecule has 0 spiro atoms. The lowest BCUT2D eigenvalue weighted by molar-refractivity contribution is -0.129. The zero-order valence-electron chi connectivity index (χ0n) is 18.4. The monoisotopic (exact) mass is 429 g/mol. The fraction of sp³-hybridized carbons (Fsp3) is 0.280. The van der Waals surface area contributed by atoms with E-state index in [1.54, 1.807) is 12.1 Å². The van der Waals surface area contributed by atoms with Crippen LogP contribution in [0.2, 0.25) is 0 Å². The van der Waals surface area contributed by atoms with Crippen LogP contribution in [0.5, 0.6) is 0 Å². The summed E-state index contributed by atoms with van der Waals surface area (Å²) in [5, 5.41) is 6.06. The Morgan fingerprint density at radius 2 is 1.47 bits per heavy atom. The molecular formula is C25H27N5O2. The highest BCUT2D eigenvalue weighted by atomic mass is 16.2. The van der Waals surface area contributed by atoms with Crippen molar-refractivity contribution in [1.82, 2.24) is 14.9 Å². The molecule has 1 aromatic heterocycles. The molecular weight excluding hydrogens is 402 g/mol. The normalized spacial score (nSPS) is 13.1. The zero-order valence-corrected chi connectivity index (χ0v) is 18.4. The minimum atomic E-state index is -0.194. The molecule has 1 aliphatic rings. The van der Waals surface area contributed by atoms with E-state index >= 15 is 0 Å². The summed E-state index contributed by atoms with van der Waals surface area (Å²) in [4.78, 5) is 35.5. The van der Waals surface area contributed by atoms with Crippen LogP contribution in [-0.4, -0.2) is 39.8 Å². The van der Waals surface area contributed by atoms with Gasteiger partial charge in [-0.15, -0.1) is 0 Å². The summed E-state index contributed by atoms with van der Waals surface area (Å²) < 4.78 is 0. The number of hydrogen-bond donors (Lipinski definition) is 2. The number of carbonyl (C=O) groups excluding carboxylic acids is 2. The van der Waals surface area contributed by atoms with Crippen molar-refractivity contribution in [3.63, 3.8) is 0 Å². The third-order valence-corrected chi connectivity index (χ3v) is 5.41. The third kappa shape index (κ3) is 5.49. The first kappa shape index (κ1) is 21.5. The Bertz CT molecular complexity index is 1080. The zero-order chi connectivity index (χ0) is 22.5. The molecule has 32 heavy (non-hydrogen) atoms. The summed E-state index contributed by atoms with van der Waals surface area (Å²) in [6.45, 7) is 5.56. The SMILES string of the molecule is Cc1cc(C)nc(Nc2ccc(C(=O)Nc3ccc(CC(=O)N4CCCC4)cc3)cc2)n1. The van der Waals surface area contributed by atoms with Crippen molar-refractivity contribution in [2.75, 3.05) is 23.7 Å². The van der Waals surface area contributed by atoms with Gasteiger partial charge in [0.05, 0.1) is 6.42 Å². The summed E-state index contributed by atoms with van der Waals surface area (Å²) in [6.07, 6.45) is 2.58. The smallest absolute Gasteiger partial charge is 0.255 e. The first-order valence-electron chi connectivity index (χ1n) is 10.8. The van der Waals surface area contributed by atoms with Crippen LogP contribution in [0.1, 0.15) is 40.2 Å². The second-order valence-corrected chi connectivity index (χ2v) is 8.09. The molecule has 1 aliphatic heterocycles. The summed E-state index contributed by atoms with van der Waals surface area (Å²) in [7, 11) is 0. The predicted molar refractivity (Wildman–Crippen MR) is 125 cm³/mol. The van der Waals surface area contributed by atoms with Crippen LogP contribution >= 0.6 is 0 Å². The maximum atomic E-state index is 12.6. The van der Waals surface area contributed by atoms with Gasteiger partial charge in [0.2, 0.25) is 11.9 Å². The van der Waals surface area contributed by atoms with Gasteiger partial charge in [0.1, 0.15) is 0 Å². The van der Waals surface area contributed by atoms with Gasteiger partial charge in [0, 0.05) is 41.4 Å². The highest BCUT2D eigenvalue weighted by molar-refractivity contribution is 6.04. The quantitative estimate of drug-likeness (QED) is 0.612. The summed E-state index contributed by atoms with van der Waals surface area (Å²) >= 11 is 0. The van der Waals surface area contributed by atoms with Gasteiger partial charge in [-0.3, -0.25) is 9.59 Å². The van der Waals surface area contributed by atoms with Gasteiger partial charge in [-0.05, 0) is 74.7 Å². The van der Waals surface area contributed by atoms with E-state index in [-0.39, 0.29) is 11.8 Å². The molecule has 0 aliphatic carbocycles. The highest BCUT2D eigenvalue weighted by Gasteiger charge is 2.17. The Balaban J connectivity index is 1.33. The Morgan fingerprint density at radius 1 is 0.875 bits per heavy atom. The van der Waals surface area contributed by atoms with Gasteiger partial charge in [-0.2, -0.15) is 0 Å². The molecule has 0 saturated carbocycles. The molecule has 3 aromatic rings. The van der Waals surface area contributed by atoms with Crippen LogP contribution in [-0.2, 0) is 11.2 Å². The molecule has 4 rings (SSSR count). The fourth-order valence-corrected chi connectivity index (χ4v) is 3.78. The summed E-state index contributed by atoms with van der Waals surface area (Å²) in [6, 6.07) is 16.5. The van der Waals surface area contributed by atoms with Gasteiger partial charge in [-0.25, -0.2) is 9.97 Å². The van der Waals surface area contributed by atoms with Crippen LogP contribution in [0.3, 0.4) is 0 Å². The van der Waals surface area contributed by atoms with E-state index in [2.05, 4.69) is 20.6 Å². The number of carbonyl (C=O) groups is 2. The average molecular weight is 430 g/mol. The molecule has 1 saturated heterocycles. The molecule has 7 heteroatoms. The lowest BCUT2D eigenvalue weighted by Gasteiger charge is -2.15. The fourth-order valence-electron chi connectivity index (χ4n) is 3.78. The second kappa shape index (κ2) is 9.60. The predicted octanol–water partition coefficient (Wildman–Crippen LogP) is 4.25. The number of nitrogens with zero attached hydrogens (tertiary/aromatic N) is 3. The number of aromatic nitrogens is 2. The molecule has 0 atom stereocenters. The molecule has 164 valence electrons. The molecule has 1 fully saturated rings. The Labute approximate surface area is 187 Å². The van der Waals surface area contributed by atoms with Crippen molar-refractivity contribution in [3.8, 4) is 0 Å². The summed E-state index contributed by atoms with van der Waals surface area (Å²) in [5.41, 5.74) is 4.77. The lowest BCUT2D eigenvalue weighted by Crippen LogP contribution is -2.29. The van der Waals surface area contributed by atoms with Crippen LogP contribution < -0.4 is 10.6 Å². The lowest BCUT2D eigenvalue weighted by atomic mass is 10.1. The number of nitrogens with one attached hydrogen (secondary N) is 2. The van der Waals surface area contributed by atoms with Gasteiger partial charge >= 0.3 is 0 Å². The Kier molecular flexibility index (Phi) is 6.44. The third-order valence-electron chi connectivity index (χ3n) is 5.41. The first-order valence-corrected chi connectivity index (χ1v) is 10.8. The van der Waals surface area contributed by atoms with E-state index in [9.17, 15) is 9.59 Å². The molecule has 0 unspecified atom stereocenters. The highest BCUT2D eigenvalue weighted by Crippen LogP contribution is 2.17. The van der Waals surface area contributed by atoms with Crippen molar-refractivity contribution in [2.45, 2.75) is 33.1 Å². The van der Waals surface area contributed by atoms with Crippen LogP contribution in [0.4, 0.5) is 17.3 Å². The van der Waals surface area contributed by atoms with E-state index < -0.39 is 0 Å². The van der Waals surface area contributed by atoms with E-state index in [1.807, 2.05) is 61.2 Å². The minimum Gasteiger partial charge on any atom is -0.342 e. The van der Waals surface area contributed by atoms with Gasteiger partial charge in [0.15, 0.2) is 0 Å². The second-order valence-electron chi connectivity index (χ2n) is 8.09. The van der Waals surface area contributed by atoms with Gasteiger partial charge < -0.3 is 15.5 Å². The van der Waals surface area contributed by atoms with Crippen molar-refractivity contribution in [1.29, 1.82) is 0 Å². The van der Waals surface area contributed by atoms with E-state index in [0.717, 1.165) is 48.6 Å². The first-order chi connectivity index (χ1) is 15.5. The van der Waals surface area contributed by atoms with Crippen molar-refractivity contribution in [2.24, 2.45) is 0 Å². The average Bonchev–Trinajstić information content (AvgIpc) is 3.30. The Hall–Kier alpha value is -3.74. The molecule has 0 radical (unpaired) electrons. The maximum absolute atomic E-state index is 12.6. The number of amides is 2. The summed E-state index contributed by atoms with van der Waals surface area (Å²) in [5.74, 6) is 0.502. The number of benzene rings is 2. The van der Waals surface area contributed by atoms with Crippen molar-refractivity contribution >= 4 is 29.1 Å². The standard InChI is InChI=1S/C25H27N5O2/c1-17-15-18(2)27-25(26-17)29-22-11-7-20(8-12-22)24(32)28-21-9-5-19(6-10-21)16-23(31)30-13-3-4-14-30/h5-12,15H,3-4,13-14,16H2,1-2H3,(H,28,32)(H,26,27,29). The molecule has 0 bridgehead atoms. The number of anilines is 3. The molecule has 2 heterocycles. The molecule has 7 nitrogen and oxygen atoms in total.